The summed E-state index contributed by atoms with van der Waals surface area (Å²) >= 11 is 0. The Kier molecular flexibility index (Phi) is 3.84. The predicted molar refractivity (Wildman–Crippen MR) is 82.0 cm³/mol. The van der Waals surface area contributed by atoms with Gasteiger partial charge in [-0.25, -0.2) is 0 Å². The highest BCUT2D eigenvalue weighted by Gasteiger charge is 2.26. The Hall–Kier alpha value is -2.00. The minimum absolute atomic E-state index is 0.461. The zero-order valence-corrected chi connectivity index (χ0v) is 12.4. The van der Waals surface area contributed by atoms with Crippen LogP contribution in [0.4, 0.5) is 0 Å². The molecule has 1 aliphatic rings. The van der Waals surface area contributed by atoms with E-state index in [0.717, 1.165) is 17.7 Å². The molecule has 3 nitrogen and oxygen atoms in total. The first-order valence-corrected chi connectivity index (χ1v) is 7.25. The average molecular weight is 284 g/mol. The molecule has 2 aromatic rings. The fourth-order valence-electron chi connectivity index (χ4n) is 2.77. The summed E-state index contributed by atoms with van der Waals surface area (Å²) in [6.45, 7) is 2.39. The van der Waals surface area contributed by atoms with Gasteiger partial charge in [-0.3, -0.25) is 0 Å². The van der Waals surface area contributed by atoms with E-state index in [2.05, 4.69) is 24.3 Å². The number of methoxy groups -OCH3 is 1. The van der Waals surface area contributed by atoms with Crippen LogP contribution in [0.15, 0.2) is 42.5 Å². The van der Waals surface area contributed by atoms with E-state index in [9.17, 15) is 5.11 Å². The van der Waals surface area contributed by atoms with E-state index < -0.39 is 6.10 Å². The minimum atomic E-state index is -0.508. The van der Waals surface area contributed by atoms with E-state index in [0.29, 0.717) is 18.3 Å². The number of rotatable bonds is 5. The van der Waals surface area contributed by atoms with Crippen LogP contribution in [0, 0.1) is 0 Å². The summed E-state index contributed by atoms with van der Waals surface area (Å²) in [6, 6.07) is 14.1. The summed E-state index contributed by atoms with van der Waals surface area (Å²) in [5, 5.41) is 9.61. The van der Waals surface area contributed by atoms with Gasteiger partial charge in [-0.1, -0.05) is 30.3 Å². The number of benzene rings is 2. The molecule has 0 bridgehead atoms. The number of ether oxygens (including phenoxy) is 2. The maximum atomic E-state index is 9.61. The number of hydrogen-bond donors (Lipinski definition) is 1. The molecule has 0 aliphatic heterocycles. The normalized spacial score (nSPS) is 17.6. The Labute approximate surface area is 125 Å². The Morgan fingerprint density at radius 3 is 2.71 bits per heavy atom. The van der Waals surface area contributed by atoms with Crippen molar-refractivity contribution >= 4 is 0 Å². The van der Waals surface area contributed by atoms with Crippen LogP contribution >= 0.6 is 0 Å². The number of aliphatic hydroxyl groups is 1. The molecule has 0 saturated carbocycles. The molecule has 1 aliphatic carbocycles. The summed E-state index contributed by atoms with van der Waals surface area (Å²) < 4.78 is 11.3. The van der Waals surface area contributed by atoms with Crippen LogP contribution < -0.4 is 9.47 Å². The fraction of sp³-hybridized carbons (Fsp3) is 0.333. The van der Waals surface area contributed by atoms with Gasteiger partial charge in [0.1, 0.15) is 0 Å². The molecule has 2 unspecified atom stereocenters. The molecule has 0 spiro atoms. The van der Waals surface area contributed by atoms with Crippen LogP contribution in [0.1, 0.15) is 35.6 Å². The van der Waals surface area contributed by atoms with Gasteiger partial charge in [0.15, 0.2) is 11.5 Å². The maximum absolute atomic E-state index is 9.61. The maximum Gasteiger partial charge on any atom is 0.161 e. The first-order valence-electron chi connectivity index (χ1n) is 7.25. The second-order valence-corrected chi connectivity index (χ2v) is 5.50. The molecule has 3 heteroatoms. The van der Waals surface area contributed by atoms with E-state index in [1.807, 2.05) is 18.2 Å². The van der Waals surface area contributed by atoms with E-state index >= 15 is 0 Å². The van der Waals surface area contributed by atoms with Crippen LogP contribution in [0.5, 0.6) is 11.5 Å². The molecule has 110 valence electrons. The molecular formula is C18H20O3. The van der Waals surface area contributed by atoms with Crippen molar-refractivity contribution in [3.05, 3.63) is 59.2 Å². The number of hydrogen-bond acceptors (Lipinski definition) is 3. The second kappa shape index (κ2) is 5.78. The minimum Gasteiger partial charge on any atom is -0.493 e. The summed E-state index contributed by atoms with van der Waals surface area (Å²) in [5.41, 5.74) is 3.63. The van der Waals surface area contributed by atoms with Gasteiger partial charge < -0.3 is 14.6 Å². The molecule has 1 N–H and O–H groups in total. The van der Waals surface area contributed by atoms with E-state index in [1.165, 1.54) is 11.1 Å². The van der Waals surface area contributed by atoms with Crippen molar-refractivity contribution in [2.24, 2.45) is 0 Å². The third kappa shape index (κ3) is 2.74. The lowest BCUT2D eigenvalue weighted by atomic mass is 9.78. The van der Waals surface area contributed by atoms with E-state index in [4.69, 9.17) is 9.47 Å². The molecule has 3 rings (SSSR count). The van der Waals surface area contributed by atoms with E-state index in [-0.39, 0.29) is 0 Å². The molecule has 0 heterocycles. The standard InChI is InChI=1S/C18H20O3/c1-12(19)13-7-8-17(18(10-13)20-2)21-11-15-9-14-5-3-4-6-16(14)15/h3-8,10,12,15,19H,9,11H2,1-2H3. The van der Waals surface area contributed by atoms with E-state index in [1.54, 1.807) is 14.0 Å². The lowest BCUT2D eigenvalue weighted by Crippen LogP contribution is -2.23. The van der Waals surface area contributed by atoms with Crippen molar-refractivity contribution in [3.63, 3.8) is 0 Å². The highest BCUT2D eigenvalue weighted by atomic mass is 16.5. The van der Waals surface area contributed by atoms with Crippen molar-refractivity contribution in [1.29, 1.82) is 0 Å². The van der Waals surface area contributed by atoms with Gasteiger partial charge in [0.25, 0.3) is 0 Å². The molecule has 0 amide bonds. The number of fused-ring (bicyclic) bond motifs is 1. The summed E-state index contributed by atoms with van der Waals surface area (Å²) in [6.07, 6.45) is 0.566. The lowest BCUT2D eigenvalue weighted by molar-refractivity contribution is 0.198. The Morgan fingerprint density at radius 1 is 1.19 bits per heavy atom. The van der Waals surface area contributed by atoms with Gasteiger partial charge in [0.05, 0.1) is 19.8 Å². The monoisotopic (exact) mass is 284 g/mol. The molecular weight excluding hydrogens is 264 g/mol. The molecule has 0 fully saturated rings. The average Bonchev–Trinajstić information content (AvgIpc) is 2.48. The third-order valence-corrected chi connectivity index (χ3v) is 4.07. The van der Waals surface area contributed by atoms with Crippen LogP contribution in [0.2, 0.25) is 0 Å². The smallest absolute Gasteiger partial charge is 0.161 e. The van der Waals surface area contributed by atoms with Gasteiger partial charge in [0, 0.05) is 5.92 Å². The van der Waals surface area contributed by atoms with Crippen LogP contribution in [-0.2, 0) is 6.42 Å². The molecule has 2 aromatic carbocycles. The van der Waals surface area contributed by atoms with Crippen molar-refractivity contribution in [1.82, 2.24) is 0 Å². The summed E-state index contributed by atoms with van der Waals surface area (Å²) in [5.74, 6) is 1.86. The first-order chi connectivity index (χ1) is 10.2. The molecule has 0 radical (unpaired) electrons. The topological polar surface area (TPSA) is 38.7 Å². The van der Waals surface area contributed by atoms with Gasteiger partial charge in [-0.15, -0.1) is 0 Å². The molecule has 21 heavy (non-hydrogen) atoms. The quantitative estimate of drug-likeness (QED) is 0.913. The predicted octanol–water partition coefficient (Wildman–Crippen LogP) is 3.47. The number of aliphatic hydroxyl groups excluding tert-OH is 1. The zero-order valence-electron chi connectivity index (χ0n) is 12.4. The third-order valence-electron chi connectivity index (χ3n) is 4.07. The highest BCUT2D eigenvalue weighted by molar-refractivity contribution is 5.44. The van der Waals surface area contributed by atoms with Crippen LogP contribution in [0.25, 0.3) is 0 Å². The largest absolute Gasteiger partial charge is 0.493 e. The van der Waals surface area contributed by atoms with Crippen molar-refractivity contribution in [2.75, 3.05) is 13.7 Å². The lowest BCUT2D eigenvalue weighted by Gasteiger charge is -2.30. The molecule has 0 saturated heterocycles. The van der Waals surface area contributed by atoms with Crippen molar-refractivity contribution < 1.29 is 14.6 Å². The Balaban J connectivity index is 1.69. The molecule has 0 aromatic heterocycles. The van der Waals surface area contributed by atoms with Gasteiger partial charge in [-0.05, 0) is 42.2 Å². The van der Waals surface area contributed by atoms with Gasteiger partial charge in [-0.2, -0.15) is 0 Å². The highest BCUT2D eigenvalue weighted by Crippen LogP contribution is 2.37. The summed E-state index contributed by atoms with van der Waals surface area (Å²) in [7, 11) is 1.62. The zero-order chi connectivity index (χ0) is 14.8. The van der Waals surface area contributed by atoms with Crippen molar-refractivity contribution in [2.45, 2.75) is 25.4 Å². The van der Waals surface area contributed by atoms with Crippen LogP contribution in [0.3, 0.4) is 0 Å². The fourth-order valence-corrected chi connectivity index (χ4v) is 2.77. The summed E-state index contributed by atoms with van der Waals surface area (Å²) in [4.78, 5) is 0. The first kappa shape index (κ1) is 14.0. The molecule has 2 atom stereocenters. The van der Waals surface area contributed by atoms with Crippen molar-refractivity contribution in [3.8, 4) is 11.5 Å². The van der Waals surface area contributed by atoms with Gasteiger partial charge in [0.2, 0.25) is 0 Å². The Bertz CT molecular complexity index is 634. The second-order valence-electron chi connectivity index (χ2n) is 5.50. The SMILES string of the molecule is COc1cc(C(C)O)ccc1OCC1Cc2ccccc21. The van der Waals surface area contributed by atoms with Gasteiger partial charge >= 0.3 is 0 Å². The van der Waals surface area contributed by atoms with Crippen LogP contribution in [-0.4, -0.2) is 18.8 Å². The Morgan fingerprint density at radius 2 is 2.00 bits per heavy atom.